The summed E-state index contributed by atoms with van der Waals surface area (Å²) in [5, 5.41) is 2.85. The van der Waals surface area contributed by atoms with Crippen molar-refractivity contribution in [2.24, 2.45) is 13.0 Å². The van der Waals surface area contributed by atoms with E-state index >= 15 is 0 Å². The topological polar surface area (TPSA) is 57.6 Å². The molecule has 0 aromatic carbocycles. The zero-order chi connectivity index (χ0) is 17.0. The van der Waals surface area contributed by atoms with Crippen molar-refractivity contribution >= 4 is 11.8 Å². The predicted octanol–water partition coefficient (Wildman–Crippen LogP) is 0.830. The minimum absolute atomic E-state index is 0.00576. The van der Waals surface area contributed by atoms with Crippen LogP contribution in [0.3, 0.4) is 0 Å². The number of nitrogens with one attached hydrogen (secondary N) is 1. The highest BCUT2D eigenvalue weighted by molar-refractivity contribution is 5.88. The number of nitrogens with zero attached hydrogens (tertiary/aromatic N) is 3. The molecule has 1 aliphatic rings. The summed E-state index contributed by atoms with van der Waals surface area (Å²) in [5.41, 5.74) is 1.29. The van der Waals surface area contributed by atoms with Crippen molar-refractivity contribution in [1.82, 2.24) is 19.7 Å². The molecule has 0 spiro atoms. The summed E-state index contributed by atoms with van der Waals surface area (Å²) in [7, 11) is 5.46. The largest absolute Gasteiger partial charge is 0.353 e. The fraction of sp³-hybridized carbons (Fsp3) is 0.647. The van der Waals surface area contributed by atoms with E-state index in [1.165, 1.54) is 10.6 Å². The van der Waals surface area contributed by atoms with Crippen LogP contribution in [-0.2, 0) is 23.2 Å². The Morgan fingerprint density at radius 1 is 1.35 bits per heavy atom. The van der Waals surface area contributed by atoms with Crippen molar-refractivity contribution < 1.29 is 9.59 Å². The van der Waals surface area contributed by atoms with E-state index in [0.717, 1.165) is 32.5 Å². The molecule has 0 bridgehead atoms. The molecule has 0 radical (unpaired) electrons. The van der Waals surface area contributed by atoms with E-state index in [-0.39, 0.29) is 17.7 Å². The molecule has 1 aliphatic heterocycles. The number of piperidine rings is 1. The summed E-state index contributed by atoms with van der Waals surface area (Å²) in [5.74, 6) is -0.0530. The molecule has 1 aromatic heterocycles. The number of likely N-dealkylation sites (N-methyl/N-ethyl adjacent to an activating group) is 1. The summed E-state index contributed by atoms with van der Waals surface area (Å²) in [6.07, 6.45) is 3.75. The highest BCUT2D eigenvalue weighted by atomic mass is 16.2. The first kappa shape index (κ1) is 17.5. The number of aromatic nitrogens is 1. The number of aryl methyl sites for hydroxylation is 1. The van der Waals surface area contributed by atoms with Gasteiger partial charge in [0.25, 0.3) is 0 Å². The second kappa shape index (κ2) is 7.64. The third-order valence-electron chi connectivity index (χ3n) is 4.57. The lowest BCUT2D eigenvalue weighted by atomic mass is 9.95. The van der Waals surface area contributed by atoms with Crippen molar-refractivity contribution in [3.63, 3.8) is 0 Å². The van der Waals surface area contributed by atoms with Gasteiger partial charge in [0, 0.05) is 45.5 Å². The average molecular weight is 320 g/mol. The summed E-state index contributed by atoms with van der Waals surface area (Å²) in [6, 6.07) is 3.73. The van der Waals surface area contributed by atoms with Gasteiger partial charge in [-0.15, -0.1) is 0 Å². The Balaban J connectivity index is 1.78. The molecule has 1 N–H and O–H groups in total. The van der Waals surface area contributed by atoms with Gasteiger partial charge in [-0.05, 0) is 45.0 Å². The summed E-state index contributed by atoms with van der Waals surface area (Å²) >= 11 is 0. The molecule has 0 aliphatic carbocycles. The molecular formula is C17H28N4O2. The van der Waals surface area contributed by atoms with Crippen molar-refractivity contribution in [1.29, 1.82) is 0 Å². The molecule has 1 aromatic rings. The van der Waals surface area contributed by atoms with Crippen LogP contribution in [0.25, 0.3) is 0 Å². The first-order valence-electron chi connectivity index (χ1n) is 8.22. The Morgan fingerprint density at radius 3 is 2.52 bits per heavy atom. The Bertz CT molecular complexity index is 545. The third-order valence-corrected chi connectivity index (χ3v) is 4.57. The molecule has 2 heterocycles. The zero-order valence-corrected chi connectivity index (χ0v) is 14.6. The number of amides is 2. The van der Waals surface area contributed by atoms with Crippen LogP contribution in [0.4, 0.5) is 0 Å². The minimum Gasteiger partial charge on any atom is -0.353 e. The first-order chi connectivity index (χ1) is 10.9. The molecule has 2 rings (SSSR count). The predicted molar refractivity (Wildman–Crippen MR) is 89.7 cm³/mol. The monoisotopic (exact) mass is 320 g/mol. The van der Waals surface area contributed by atoms with E-state index in [0.29, 0.717) is 0 Å². The Hall–Kier alpha value is -1.82. The lowest BCUT2D eigenvalue weighted by Crippen LogP contribution is -2.48. The van der Waals surface area contributed by atoms with Gasteiger partial charge < -0.3 is 14.8 Å². The number of hydrogen-bond acceptors (Lipinski definition) is 3. The fourth-order valence-corrected chi connectivity index (χ4v) is 3.02. The number of carbonyl (C=O) groups is 2. The van der Waals surface area contributed by atoms with E-state index in [4.69, 9.17) is 0 Å². The van der Waals surface area contributed by atoms with Crippen LogP contribution >= 0.6 is 0 Å². The van der Waals surface area contributed by atoms with Crippen LogP contribution in [-0.4, -0.2) is 59.4 Å². The zero-order valence-electron chi connectivity index (χ0n) is 14.6. The van der Waals surface area contributed by atoms with E-state index in [1.807, 2.05) is 0 Å². The van der Waals surface area contributed by atoms with Crippen LogP contribution in [0.1, 0.15) is 25.5 Å². The highest BCUT2D eigenvalue weighted by Gasteiger charge is 2.27. The van der Waals surface area contributed by atoms with Crippen molar-refractivity contribution in [2.45, 2.75) is 32.4 Å². The van der Waals surface area contributed by atoms with Gasteiger partial charge in [-0.3, -0.25) is 14.5 Å². The van der Waals surface area contributed by atoms with E-state index < -0.39 is 6.04 Å². The van der Waals surface area contributed by atoms with Crippen LogP contribution < -0.4 is 5.32 Å². The third kappa shape index (κ3) is 4.58. The molecule has 1 saturated heterocycles. The first-order valence-corrected chi connectivity index (χ1v) is 8.22. The SMILES string of the molecule is C[C@@H](NC(=O)C1CCN(Cc2cccn2C)CC1)C(=O)N(C)C. The Labute approximate surface area is 138 Å². The number of rotatable bonds is 5. The van der Waals surface area contributed by atoms with E-state index in [2.05, 4.69) is 40.2 Å². The van der Waals surface area contributed by atoms with Gasteiger partial charge in [-0.25, -0.2) is 0 Å². The number of hydrogen-bond donors (Lipinski definition) is 1. The van der Waals surface area contributed by atoms with Gasteiger partial charge >= 0.3 is 0 Å². The second-order valence-electron chi connectivity index (χ2n) is 6.62. The maximum Gasteiger partial charge on any atom is 0.244 e. The minimum atomic E-state index is -0.459. The smallest absolute Gasteiger partial charge is 0.244 e. The lowest BCUT2D eigenvalue weighted by Gasteiger charge is -2.32. The normalized spacial score (nSPS) is 17.7. The van der Waals surface area contributed by atoms with Gasteiger partial charge in [-0.2, -0.15) is 0 Å². The molecule has 128 valence electrons. The van der Waals surface area contributed by atoms with Crippen LogP contribution in [0.2, 0.25) is 0 Å². The molecule has 1 atom stereocenters. The average Bonchev–Trinajstić information content (AvgIpc) is 2.92. The maximum atomic E-state index is 12.3. The van der Waals surface area contributed by atoms with Crippen molar-refractivity contribution in [3.8, 4) is 0 Å². The summed E-state index contributed by atoms with van der Waals surface area (Å²) < 4.78 is 2.13. The molecule has 6 heteroatoms. The standard InChI is InChI=1S/C17H28N4O2/c1-13(17(23)19(2)3)18-16(22)14-7-10-21(11-8-14)12-15-6-5-9-20(15)4/h5-6,9,13-14H,7-8,10-12H2,1-4H3,(H,18,22)/t13-/m1/s1. The fourth-order valence-electron chi connectivity index (χ4n) is 3.02. The van der Waals surface area contributed by atoms with Crippen LogP contribution in [0.5, 0.6) is 0 Å². The molecule has 1 fully saturated rings. The molecular weight excluding hydrogens is 292 g/mol. The van der Waals surface area contributed by atoms with Gasteiger partial charge in [0.1, 0.15) is 6.04 Å². The van der Waals surface area contributed by atoms with Crippen molar-refractivity contribution in [3.05, 3.63) is 24.0 Å². The summed E-state index contributed by atoms with van der Waals surface area (Å²) in [4.78, 5) is 28.0. The Kier molecular flexibility index (Phi) is 5.82. The number of carbonyl (C=O) groups excluding carboxylic acids is 2. The van der Waals surface area contributed by atoms with Gasteiger partial charge in [0.2, 0.25) is 11.8 Å². The lowest BCUT2D eigenvalue weighted by molar-refractivity contribution is -0.135. The summed E-state index contributed by atoms with van der Waals surface area (Å²) in [6.45, 7) is 4.50. The highest BCUT2D eigenvalue weighted by Crippen LogP contribution is 2.19. The molecule has 0 unspecified atom stereocenters. The molecule has 2 amide bonds. The number of likely N-dealkylation sites (tertiary alicyclic amines) is 1. The van der Waals surface area contributed by atoms with Gasteiger partial charge in [0.15, 0.2) is 0 Å². The molecule has 23 heavy (non-hydrogen) atoms. The quantitative estimate of drug-likeness (QED) is 0.874. The molecule has 0 saturated carbocycles. The second-order valence-corrected chi connectivity index (χ2v) is 6.62. The molecule has 6 nitrogen and oxygen atoms in total. The maximum absolute atomic E-state index is 12.3. The Morgan fingerprint density at radius 2 is 2.00 bits per heavy atom. The van der Waals surface area contributed by atoms with Crippen molar-refractivity contribution in [2.75, 3.05) is 27.2 Å². The van der Waals surface area contributed by atoms with Crippen LogP contribution in [0, 0.1) is 5.92 Å². The van der Waals surface area contributed by atoms with E-state index in [9.17, 15) is 9.59 Å². The van der Waals surface area contributed by atoms with Gasteiger partial charge in [0.05, 0.1) is 0 Å². The van der Waals surface area contributed by atoms with E-state index in [1.54, 1.807) is 21.0 Å². The van der Waals surface area contributed by atoms with Crippen LogP contribution in [0.15, 0.2) is 18.3 Å². The van der Waals surface area contributed by atoms with Gasteiger partial charge in [-0.1, -0.05) is 0 Å².